The highest BCUT2D eigenvalue weighted by molar-refractivity contribution is 5.81. The maximum atomic E-state index is 11.5. The second kappa shape index (κ2) is 6.50. The highest BCUT2D eigenvalue weighted by Crippen LogP contribution is 2.27. The lowest BCUT2D eigenvalue weighted by Crippen LogP contribution is -2.60. The van der Waals surface area contributed by atoms with Crippen LogP contribution < -0.4 is 10.4 Å². The summed E-state index contributed by atoms with van der Waals surface area (Å²) in [5.74, 6) is 0.237. The molecule has 0 aliphatic carbocycles. The molecule has 8 heteroatoms. The molecule has 1 aromatic heterocycles. The van der Waals surface area contributed by atoms with E-state index in [0.29, 0.717) is 5.58 Å². The minimum absolute atomic E-state index is 0.237. The second-order valence-electron chi connectivity index (χ2n) is 5.72. The molecule has 0 radical (unpaired) electrons. The van der Waals surface area contributed by atoms with Crippen LogP contribution in [-0.2, 0) is 4.74 Å². The van der Waals surface area contributed by atoms with Crippen LogP contribution in [0.3, 0.4) is 0 Å². The van der Waals surface area contributed by atoms with Crippen LogP contribution in [0.4, 0.5) is 0 Å². The molecule has 1 aromatic carbocycles. The van der Waals surface area contributed by atoms with Gasteiger partial charge in [0.15, 0.2) is 0 Å². The Bertz CT molecular complexity index is 783. The SMILES string of the molecule is Cc1cc(=O)oc2cc(O[C@H]3O[C@H](CO)[C@@H](O)[C@@H](O)[C@@H]3O)ccc12. The van der Waals surface area contributed by atoms with Gasteiger partial charge in [0.25, 0.3) is 0 Å². The number of rotatable bonds is 3. The van der Waals surface area contributed by atoms with Crippen LogP contribution in [0.2, 0.25) is 0 Å². The van der Waals surface area contributed by atoms with Crippen LogP contribution >= 0.6 is 0 Å². The molecule has 0 amide bonds. The fourth-order valence-electron chi connectivity index (χ4n) is 2.68. The lowest BCUT2D eigenvalue weighted by atomic mass is 9.99. The van der Waals surface area contributed by atoms with Crippen molar-refractivity contribution in [1.29, 1.82) is 0 Å². The highest BCUT2D eigenvalue weighted by Gasteiger charge is 2.44. The summed E-state index contributed by atoms with van der Waals surface area (Å²) in [5, 5.41) is 39.4. The summed E-state index contributed by atoms with van der Waals surface area (Å²) < 4.78 is 15.9. The first-order valence-electron chi connectivity index (χ1n) is 7.42. The van der Waals surface area contributed by atoms with E-state index < -0.39 is 42.9 Å². The lowest BCUT2D eigenvalue weighted by Gasteiger charge is -2.39. The molecule has 2 aromatic rings. The molecule has 1 fully saturated rings. The topological polar surface area (TPSA) is 130 Å². The van der Waals surface area contributed by atoms with Crippen molar-refractivity contribution in [1.82, 2.24) is 0 Å². The van der Waals surface area contributed by atoms with E-state index in [4.69, 9.17) is 19.0 Å². The number of hydrogen-bond acceptors (Lipinski definition) is 8. The van der Waals surface area contributed by atoms with Crippen LogP contribution in [0.1, 0.15) is 5.56 Å². The fourth-order valence-corrected chi connectivity index (χ4v) is 2.68. The van der Waals surface area contributed by atoms with E-state index in [9.17, 15) is 20.1 Å². The third-order valence-electron chi connectivity index (χ3n) is 4.02. The number of ether oxygens (including phenoxy) is 2. The summed E-state index contributed by atoms with van der Waals surface area (Å²) in [6.07, 6.45) is -6.85. The van der Waals surface area contributed by atoms with E-state index in [1.807, 2.05) is 0 Å². The van der Waals surface area contributed by atoms with Gasteiger partial charge in [0, 0.05) is 17.5 Å². The zero-order chi connectivity index (χ0) is 17.4. The Balaban J connectivity index is 1.87. The van der Waals surface area contributed by atoms with Gasteiger partial charge in [-0.05, 0) is 24.6 Å². The lowest BCUT2D eigenvalue weighted by molar-refractivity contribution is -0.277. The van der Waals surface area contributed by atoms with Crippen molar-refractivity contribution < 1.29 is 34.3 Å². The molecule has 2 heterocycles. The molecule has 1 aliphatic rings. The van der Waals surface area contributed by atoms with E-state index in [1.165, 1.54) is 12.1 Å². The number of aliphatic hydroxyl groups is 4. The predicted molar refractivity (Wildman–Crippen MR) is 81.6 cm³/mol. The Morgan fingerprint density at radius 2 is 1.88 bits per heavy atom. The molecule has 0 unspecified atom stereocenters. The second-order valence-corrected chi connectivity index (χ2v) is 5.72. The van der Waals surface area contributed by atoms with Crippen LogP contribution in [0.5, 0.6) is 5.75 Å². The van der Waals surface area contributed by atoms with Gasteiger partial charge in [-0.1, -0.05) is 0 Å². The van der Waals surface area contributed by atoms with Gasteiger partial charge in [-0.3, -0.25) is 0 Å². The van der Waals surface area contributed by atoms with Crippen molar-refractivity contribution in [3.8, 4) is 5.75 Å². The Morgan fingerprint density at radius 3 is 2.58 bits per heavy atom. The van der Waals surface area contributed by atoms with Crippen LogP contribution in [-0.4, -0.2) is 57.7 Å². The smallest absolute Gasteiger partial charge is 0.336 e. The number of aryl methyl sites for hydroxylation is 1. The zero-order valence-electron chi connectivity index (χ0n) is 12.8. The third kappa shape index (κ3) is 3.02. The van der Waals surface area contributed by atoms with E-state index in [-0.39, 0.29) is 5.75 Å². The summed E-state index contributed by atoms with van der Waals surface area (Å²) >= 11 is 0. The van der Waals surface area contributed by atoms with Gasteiger partial charge in [0.1, 0.15) is 35.7 Å². The standard InChI is InChI=1S/C16H18O8/c1-7-4-12(18)23-10-5-8(2-3-9(7)10)22-16-15(21)14(20)13(19)11(6-17)24-16/h2-5,11,13-17,19-21H,6H2,1H3/t11-,13-,14-,15+,16+/m1/s1. The molecule has 5 atom stereocenters. The first-order chi connectivity index (χ1) is 11.4. The molecule has 0 saturated carbocycles. The monoisotopic (exact) mass is 338 g/mol. The van der Waals surface area contributed by atoms with E-state index >= 15 is 0 Å². The Hall–Kier alpha value is -1.97. The summed E-state index contributed by atoms with van der Waals surface area (Å²) in [6.45, 7) is 1.23. The zero-order valence-corrected chi connectivity index (χ0v) is 12.8. The van der Waals surface area contributed by atoms with Crippen LogP contribution in [0, 0.1) is 6.92 Å². The molecule has 130 valence electrons. The fraction of sp³-hybridized carbons (Fsp3) is 0.438. The molecule has 8 nitrogen and oxygen atoms in total. The molecule has 0 bridgehead atoms. The van der Waals surface area contributed by atoms with Gasteiger partial charge in [0.2, 0.25) is 6.29 Å². The molecule has 24 heavy (non-hydrogen) atoms. The largest absolute Gasteiger partial charge is 0.462 e. The number of benzene rings is 1. The van der Waals surface area contributed by atoms with Gasteiger partial charge in [-0.25, -0.2) is 4.79 Å². The first kappa shape index (κ1) is 16.9. The van der Waals surface area contributed by atoms with Gasteiger partial charge in [0.05, 0.1) is 6.61 Å². The molecule has 4 N–H and O–H groups in total. The first-order valence-corrected chi connectivity index (χ1v) is 7.42. The minimum Gasteiger partial charge on any atom is -0.462 e. The molecule has 1 aliphatic heterocycles. The number of aliphatic hydroxyl groups excluding tert-OH is 4. The molecule has 0 spiro atoms. The van der Waals surface area contributed by atoms with Crippen molar-refractivity contribution >= 4 is 11.0 Å². The van der Waals surface area contributed by atoms with Crippen molar-refractivity contribution in [2.24, 2.45) is 0 Å². The third-order valence-corrected chi connectivity index (χ3v) is 4.02. The normalized spacial score (nSPS) is 30.5. The van der Waals surface area contributed by atoms with Gasteiger partial charge < -0.3 is 34.3 Å². The van der Waals surface area contributed by atoms with Gasteiger partial charge in [-0.15, -0.1) is 0 Å². The van der Waals surface area contributed by atoms with Crippen LogP contribution in [0.15, 0.2) is 33.5 Å². The number of hydrogen-bond donors (Lipinski definition) is 4. The maximum Gasteiger partial charge on any atom is 0.336 e. The van der Waals surface area contributed by atoms with E-state index in [1.54, 1.807) is 19.1 Å². The van der Waals surface area contributed by atoms with Crippen LogP contribution in [0.25, 0.3) is 11.0 Å². The van der Waals surface area contributed by atoms with Crippen molar-refractivity contribution in [3.63, 3.8) is 0 Å². The molecular formula is C16H18O8. The molecular weight excluding hydrogens is 320 g/mol. The van der Waals surface area contributed by atoms with Crippen molar-refractivity contribution in [2.75, 3.05) is 6.61 Å². The average Bonchev–Trinajstić information content (AvgIpc) is 2.55. The van der Waals surface area contributed by atoms with Crippen molar-refractivity contribution in [2.45, 2.75) is 37.6 Å². The van der Waals surface area contributed by atoms with Gasteiger partial charge >= 0.3 is 5.63 Å². The predicted octanol–water partition coefficient (Wildman–Crippen LogP) is -0.720. The Labute approximate surface area is 136 Å². The van der Waals surface area contributed by atoms with E-state index in [0.717, 1.165) is 10.9 Å². The average molecular weight is 338 g/mol. The molecule has 1 saturated heterocycles. The maximum absolute atomic E-state index is 11.5. The summed E-state index contributed by atoms with van der Waals surface area (Å²) in [5.41, 5.74) is 0.563. The summed E-state index contributed by atoms with van der Waals surface area (Å²) in [6, 6.07) is 6.12. The van der Waals surface area contributed by atoms with E-state index in [2.05, 4.69) is 0 Å². The summed E-state index contributed by atoms with van der Waals surface area (Å²) in [7, 11) is 0. The summed E-state index contributed by atoms with van der Waals surface area (Å²) in [4.78, 5) is 11.5. The Kier molecular flexibility index (Phi) is 4.57. The highest BCUT2D eigenvalue weighted by atomic mass is 16.7. The Morgan fingerprint density at radius 1 is 1.12 bits per heavy atom. The van der Waals surface area contributed by atoms with Gasteiger partial charge in [-0.2, -0.15) is 0 Å². The van der Waals surface area contributed by atoms with Crippen molar-refractivity contribution in [3.05, 3.63) is 40.2 Å². The number of fused-ring (bicyclic) bond motifs is 1. The minimum atomic E-state index is -1.53. The quantitative estimate of drug-likeness (QED) is 0.540. The molecule has 3 rings (SSSR count).